The van der Waals surface area contributed by atoms with Crippen molar-refractivity contribution < 1.29 is 0 Å². The van der Waals surface area contributed by atoms with E-state index in [-0.39, 0.29) is 0 Å². The summed E-state index contributed by atoms with van der Waals surface area (Å²) in [5.74, 6) is 0. The van der Waals surface area contributed by atoms with Crippen molar-refractivity contribution in [3.63, 3.8) is 0 Å². The Balaban J connectivity index is 1.61. The van der Waals surface area contributed by atoms with Crippen LogP contribution in [0.4, 0.5) is 0 Å². The lowest BCUT2D eigenvalue weighted by molar-refractivity contribution is 0.516. The minimum absolute atomic E-state index is 0.557. The number of halogens is 1. The second-order valence-electron chi connectivity index (χ2n) is 7.03. The van der Waals surface area contributed by atoms with Gasteiger partial charge < -0.3 is 10.3 Å². The van der Waals surface area contributed by atoms with Crippen LogP contribution in [0.1, 0.15) is 49.8 Å². The fourth-order valence-electron chi connectivity index (χ4n) is 3.67. The molecule has 1 aliphatic carbocycles. The molecule has 4 rings (SSSR count). The molecule has 0 bridgehead atoms. The molecule has 4 heteroatoms. The SMILES string of the molecule is Clc1ccc(C2=CC(c3ccc[nH]3)=N/C2=C\NC2CCCCCC2)cc1. The van der Waals surface area contributed by atoms with Gasteiger partial charge in [0, 0.05) is 29.0 Å². The third-order valence-electron chi connectivity index (χ3n) is 5.14. The Kier molecular flexibility index (Phi) is 5.26. The summed E-state index contributed by atoms with van der Waals surface area (Å²) in [6.45, 7) is 0. The van der Waals surface area contributed by atoms with Crippen molar-refractivity contribution in [2.24, 2.45) is 4.99 Å². The maximum atomic E-state index is 6.06. The Labute approximate surface area is 159 Å². The zero-order valence-corrected chi connectivity index (χ0v) is 15.6. The number of aromatic nitrogens is 1. The topological polar surface area (TPSA) is 40.2 Å². The van der Waals surface area contributed by atoms with E-state index in [2.05, 4.69) is 40.8 Å². The van der Waals surface area contributed by atoms with Gasteiger partial charge in [0.2, 0.25) is 0 Å². The van der Waals surface area contributed by atoms with Crippen molar-refractivity contribution in [2.75, 3.05) is 0 Å². The highest BCUT2D eigenvalue weighted by Gasteiger charge is 2.19. The summed E-state index contributed by atoms with van der Waals surface area (Å²) in [6, 6.07) is 12.6. The lowest BCUT2D eigenvalue weighted by Crippen LogP contribution is -2.23. The molecule has 0 unspecified atom stereocenters. The third-order valence-corrected chi connectivity index (χ3v) is 5.39. The van der Waals surface area contributed by atoms with Gasteiger partial charge in [-0.05, 0) is 48.7 Å². The van der Waals surface area contributed by atoms with Crippen LogP contribution in [-0.2, 0) is 0 Å². The first kappa shape index (κ1) is 17.2. The molecule has 1 aromatic heterocycles. The van der Waals surface area contributed by atoms with E-state index in [1.165, 1.54) is 38.5 Å². The highest BCUT2D eigenvalue weighted by molar-refractivity contribution is 6.30. The zero-order valence-electron chi connectivity index (χ0n) is 14.8. The molecule has 1 fully saturated rings. The monoisotopic (exact) mass is 365 g/mol. The zero-order chi connectivity index (χ0) is 17.8. The second-order valence-corrected chi connectivity index (χ2v) is 7.47. The van der Waals surface area contributed by atoms with Gasteiger partial charge in [0.05, 0.1) is 17.1 Å². The maximum absolute atomic E-state index is 6.06. The minimum atomic E-state index is 0.557. The van der Waals surface area contributed by atoms with E-state index in [1.54, 1.807) is 0 Å². The number of benzene rings is 1. The Morgan fingerprint density at radius 2 is 1.81 bits per heavy atom. The molecule has 1 aromatic carbocycles. The van der Waals surface area contributed by atoms with Crippen LogP contribution in [0, 0.1) is 0 Å². The summed E-state index contributed by atoms with van der Waals surface area (Å²) < 4.78 is 0. The third kappa shape index (κ3) is 3.94. The lowest BCUT2D eigenvalue weighted by Gasteiger charge is -2.15. The minimum Gasteiger partial charge on any atom is -0.386 e. The number of aromatic amines is 1. The van der Waals surface area contributed by atoms with Gasteiger partial charge in [-0.2, -0.15) is 0 Å². The molecular formula is C22H24ClN3. The van der Waals surface area contributed by atoms with Crippen LogP contribution >= 0.6 is 11.6 Å². The number of aliphatic imine (C=N–C) groups is 1. The first-order valence-electron chi connectivity index (χ1n) is 9.46. The van der Waals surface area contributed by atoms with Crippen LogP contribution in [0.15, 0.2) is 65.6 Å². The summed E-state index contributed by atoms with van der Waals surface area (Å²) in [6.07, 6.45) is 14.0. The quantitative estimate of drug-likeness (QED) is 0.669. The van der Waals surface area contributed by atoms with Gasteiger partial charge in [-0.15, -0.1) is 0 Å². The number of H-pyrrole nitrogens is 1. The number of hydrogen-bond acceptors (Lipinski definition) is 2. The summed E-state index contributed by atoms with van der Waals surface area (Å²) in [5, 5.41) is 4.38. The number of hydrogen-bond donors (Lipinski definition) is 2. The molecule has 2 aliphatic rings. The molecule has 2 aromatic rings. The number of rotatable bonds is 4. The Morgan fingerprint density at radius 3 is 2.50 bits per heavy atom. The summed E-state index contributed by atoms with van der Waals surface area (Å²) in [4.78, 5) is 8.13. The first-order chi connectivity index (χ1) is 12.8. The molecule has 2 heterocycles. The summed E-state index contributed by atoms with van der Waals surface area (Å²) in [7, 11) is 0. The average Bonchev–Trinajstić information content (AvgIpc) is 3.25. The predicted octanol–water partition coefficient (Wildman–Crippen LogP) is 5.71. The van der Waals surface area contributed by atoms with Gasteiger partial charge >= 0.3 is 0 Å². The maximum Gasteiger partial charge on any atom is 0.0879 e. The molecule has 0 saturated heterocycles. The van der Waals surface area contributed by atoms with E-state index in [9.17, 15) is 0 Å². The van der Waals surface area contributed by atoms with Gasteiger partial charge in [0.1, 0.15) is 0 Å². The number of nitrogens with zero attached hydrogens (tertiary/aromatic N) is 1. The smallest absolute Gasteiger partial charge is 0.0879 e. The van der Waals surface area contributed by atoms with Crippen molar-refractivity contribution in [3.8, 4) is 0 Å². The summed E-state index contributed by atoms with van der Waals surface area (Å²) >= 11 is 6.06. The molecule has 0 amide bonds. The van der Waals surface area contributed by atoms with Crippen molar-refractivity contribution in [3.05, 3.63) is 76.8 Å². The van der Waals surface area contributed by atoms with E-state index in [1.807, 2.05) is 24.4 Å². The van der Waals surface area contributed by atoms with Crippen LogP contribution in [0.2, 0.25) is 5.02 Å². The van der Waals surface area contributed by atoms with Crippen LogP contribution in [0.3, 0.4) is 0 Å². The normalized spacial score (nSPS) is 20.0. The van der Waals surface area contributed by atoms with Gasteiger partial charge in [0.25, 0.3) is 0 Å². The van der Waals surface area contributed by atoms with Gasteiger partial charge in [0.15, 0.2) is 0 Å². The van der Waals surface area contributed by atoms with E-state index in [4.69, 9.17) is 16.6 Å². The van der Waals surface area contributed by atoms with Crippen molar-refractivity contribution >= 4 is 22.9 Å². The van der Waals surface area contributed by atoms with Crippen LogP contribution < -0.4 is 5.32 Å². The summed E-state index contributed by atoms with van der Waals surface area (Å²) in [5.41, 5.74) is 5.25. The molecular weight excluding hydrogens is 342 g/mol. The Hall–Kier alpha value is -2.26. The number of allylic oxidation sites excluding steroid dienone is 2. The molecule has 134 valence electrons. The molecule has 1 saturated carbocycles. The van der Waals surface area contributed by atoms with Crippen molar-refractivity contribution in [1.82, 2.24) is 10.3 Å². The van der Waals surface area contributed by atoms with E-state index < -0.39 is 0 Å². The predicted molar refractivity (Wildman–Crippen MR) is 109 cm³/mol. The fraction of sp³-hybridized carbons (Fsp3) is 0.318. The van der Waals surface area contributed by atoms with Crippen molar-refractivity contribution in [1.29, 1.82) is 0 Å². The molecule has 0 atom stereocenters. The van der Waals surface area contributed by atoms with Crippen LogP contribution in [-0.4, -0.2) is 16.7 Å². The molecule has 0 spiro atoms. The first-order valence-corrected chi connectivity index (χ1v) is 9.84. The second kappa shape index (κ2) is 7.96. The largest absolute Gasteiger partial charge is 0.386 e. The number of nitrogens with one attached hydrogen (secondary N) is 2. The fourth-order valence-corrected chi connectivity index (χ4v) is 3.80. The highest BCUT2D eigenvalue weighted by atomic mass is 35.5. The standard InChI is InChI=1S/C22H24ClN3/c23-17-11-9-16(10-12-17)19-14-21(20-8-5-13-24-20)26-22(19)15-25-18-6-3-1-2-4-7-18/h5,8-15,18,24-25H,1-4,6-7H2/b22-15-. The van der Waals surface area contributed by atoms with E-state index in [0.29, 0.717) is 6.04 Å². The van der Waals surface area contributed by atoms with Gasteiger partial charge in [-0.25, -0.2) is 4.99 Å². The lowest BCUT2D eigenvalue weighted by atomic mass is 10.0. The van der Waals surface area contributed by atoms with E-state index >= 15 is 0 Å². The molecule has 1 aliphatic heterocycles. The Morgan fingerprint density at radius 1 is 1.04 bits per heavy atom. The average molecular weight is 366 g/mol. The van der Waals surface area contributed by atoms with E-state index in [0.717, 1.165) is 33.3 Å². The molecule has 26 heavy (non-hydrogen) atoms. The van der Waals surface area contributed by atoms with Gasteiger partial charge in [-0.1, -0.05) is 49.4 Å². The highest BCUT2D eigenvalue weighted by Crippen LogP contribution is 2.31. The molecule has 2 N–H and O–H groups in total. The van der Waals surface area contributed by atoms with Crippen molar-refractivity contribution in [2.45, 2.75) is 44.6 Å². The van der Waals surface area contributed by atoms with Gasteiger partial charge in [-0.3, -0.25) is 0 Å². The van der Waals surface area contributed by atoms with Crippen LogP contribution in [0.25, 0.3) is 5.57 Å². The molecule has 3 nitrogen and oxygen atoms in total. The Bertz CT molecular complexity index is 821. The van der Waals surface area contributed by atoms with Crippen LogP contribution in [0.5, 0.6) is 0 Å². The molecule has 0 radical (unpaired) electrons.